The van der Waals surface area contributed by atoms with Gasteiger partial charge in [0.2, 0.25) is 5.91 Å². The first-order valence-corrected chi connectivity index (χ1v) is 12.6. The fourth-order valence-corrected chi connectivity index (χ4v) is 6.35. The van der Waals surface area contributed by atoms with Crippen molar-refractivity contribution >= 4 is 23.2 Å². The van der Waals surface area contributed by atoms with Crippen LogP contribution in [0.5, 0.6) is 0 Å². The molecule has 2 aromatic heterocycles. The van der Waals surface area contributed by atoms with Gasteiger partial charge in [-0.2, -0.15) is 0 Å². The maximum atomic E-state index is 13.0. The molecule has 1 saturated heterocycles. The van der Waals surface area contributed by atoms with Gasteiger partial charge in [-0.1, -0.05) is 36.4 Å². The number of benzene rings is 1. The van der Waals surface area contributed by atoms with Crippen molar-refractivity contribution in [3.63, 3.8) is 0 Å². The number of likely N-dealkylation sites (tertiary alicyclic amines) is 1. The zero-order valence-electron chi connectivity index (χ0n) is 19.3. The van der Waals surface area contributed by atoms with Crippen molar-refractivity contribution in [1.82, 2.24) is 15.2 Å². The van der Waals surface area contributed by atoms with Crippen molar-refractivity contribution in [2.45, 2.75) is 43.2 Å². The molecule has 1 spiro atoms. The normalized spacial score (nSPS) is 20.8. The molecule has 0 radical (unpaired) electrons. The highest BCUT2D eigenvalue weighted by atomic mass is 32.1. The van der Waals surface area contributed by atoms with Crippen molar-refractivity contribution in [2.24, 2.45) is 0 Å². The predicted molar refractivity (Wildman–Crippen MR) is 132 cm³/mol. The number of hydrogen-bond acceptors (Lipinski definition) is 5. The number of rotatable bonds is 6. The summed E-state index contributed by atoms with van der Waals surface area (Å²) in [6.45, 7) is 1.39. The number of amides is 2. The average molecular weight is 476 g/mol. The van der Waals surface area contributed by atoms with E-state index in [0.29, 0.717) is 25.2 Å². The largest absolute Gasteiger partial charge is 0.378 e. The molecule has 7 heteroatoms. The van der Waals surface area contributed by atoms with E-state index in [0.717, 1.165) is 24.8 Å². The number of pyridine rings is 1. The van der Waals surface area contributed by atoms with Gasteiger partial charge >= 0.3 is 0 Å². The molecule has 34 heavy (non-hydrogen) atoms. The number of hydrogen-bond donors (Lipinski definition) is 1. The number of aryl methyl sites for hydroxylation is 1. The Morgan fingerprint density at radius 1 is 1.12 bits per heavy atom. The monoisotopic (exact) mass is 475 g/mol. The minimum atomic E-state index is -0.267. The van der Waals surface area contributed by atoms with Crippen molar-refractivity contribution in [3.8, 4) is 0 Å². The molecule has 0 saturated carbocycles. The van der Waals surface area contributed by atoms with E-state index in [1.807, 2.05) is 23.1 Å². The highest BCUT2D eigenvalue weighted by Crippen LogP contribution is 2.52. The summed E-state index contributed by atoms with van der Waals surface area (Å²) in [7, 11) is 1.72. The second kappa shape index (κ2) is 9.68. The third-order valence-electron chi connectivity index (χ3n) is 7.29. The molecule has 2 atom stereocenters. The molecule has 1 N–H and O–H groups in total. The van der Waals surface area contributed by atoms with Gasteiger partial charge in [0.15, 0.2) is 0 Å². The van der Waals surface area contributed by atoms with Gasteiger partial charge in [-0.3, -0.25) is 14.6 Å². The van der Waals surface area contributed by atoms with E-state index < -0.39 is 0 Å². The number of carbonyl (C=O) groups is 2. The number of thiophene rings is 1. The van der Waals surface area contributed by atoms with E-state index >= 15 is 0 Å². The molecule has 1 aliphatic carbocycles. The number of ether oxygens (including phenoxy) is 1. The summed E-state index contributed by atoms with van der Waals surface area (Å²) in [6.07, 6.45) is 4.37. The maximum Gasteiger partial charge on any atom is 0.270 e. The highest BCUT2D eigenvalue weighted by Gasteiger charge is 2.54. The highest BCUT2D eigenvalue weighted by molar-refractivity contribution is 7.09. The molecule has 1 aliphatic heterocycles. The molecule has 3 heterocycles. The van der Waals surface area contributed by atoms with Crippen LogP contribution in [0.2, 0.25) is 0 Å². The third-order valence-corrected chi connectivity index (χ3v) is 8.23. The Hall–Kier alpha value is -3.03. The van der Waals surface area contributed by atoms with Crippen LogP contribution in [0.1, 0.15) is 51.8 Å². The van der Waals surface area contributed by atoms with Gasteiger partial charge in [0.1, 0.15) is 5.69 Å². The molecule has 6 nitrogen and oxygen atoms in total. The SMILES string of the molecule is CO[C@H]1[C@H](NC(=O)c2ccccn2)c2ccccc2C12CCN(C(=O)CCc1cccs1)CC2. The Labute approximate surface area is 204 Å². The fourth-order valence-electron chi connectivity index (χ4n) is 5.64. The van der Waals surface area contributed by atoms with Crippen LogP contribution in [0.15, 0.2) is 66.2 Å². The van der Waals surface area contributed by atoms with E-state index in [1.54, 1.807) is 36.8 Å². The zero-order chi connectivity index (χ0) is 23.5. The van der Waals surface area contributed by atoms with Crippen molar-refractivity contribution < 1.29 is 14.3 Å². The predicted octanol–water partition coefficient (Wildman–Crippen LogP) is 4.14. The molecule has 0 unspecified atom stereocenters. The number of nitrogens with zero attached hydrogens (tertiary/aromatic N) is 2. The summed E-state index contributed by atoms with van der Waals surface area (Å²) in [6, 6.07) is 17.5. The van der Waals surface area contributed by atoms with Gasteiger partial charge < -0.3 is 15.0 Å². The smallest absolute Gasteiger partial charge is 0.270 e. The Bertz CT molecular complexity index is 1140. The number of nitrogens with one attached hydrogen (secondary N) is 1. The summed E-state index contributed by atoms with van der Waals surface area (Å²) in [5.41, 5.74) is 2.47. The second-order valence-electron chi connectivity index (χ2n) is 9.03. The van der Waals surface area contributed by atoms with E-state index in [4.69, 9.17) is 4.74 Å². The molecule has 5 rings (SSSR count). The number of piperidine rings is 1. The first-order chi connectivity index (χ1) is 16.6. The minimum absolute atomic E-state index is 0.207. The van der Waals surface area contributed by atoms with Crippen LogP contribution in [0, 0.1) is 0 Å². The lowest BCUT2D eigenvalue weighted by atomic mass is 9.71. The fraction of sp³-hybridized carbons (Fsp3) is 0.370. The van der Waals surface area contributed by atoms with E-state index in [9.17, 15) is 9.59 Å². The standard InChI is InChI=1S/C27H29N3O3S/c1-33-25-24(29-26(32)22-10-4-5-15-28-22)20-8-2-3-9-21(20)27(25)13-16-30(17-14-27)23(31)12-11-19-7-6-18-34-19/h2-10,15,18,24-25H,11-14,16-17H2,1H3,(H,29,32)/t24-,25+/m1/s1. The summed E-state index contributed by atoms with van der Waals surface area (Å²) >= 11 is 1.70. The maximum absolute atomic E-state index is 13.0. The van der Waals surface area contributed by atoms with Crippen molar-refractivity contribution in [1.29, 1.82) is 0 Å². The third kappa shape index (κ3) is 4.14. The first-order valence-electron chi connectivity index (χ1n) is 11.8. The average Bonchev–Trinajstić information content (AvgIpc) is 3.49. The summed E-state index contributed by atoms with van der Waals surface area (Å²) in [4.78, 5) is 33.3. The molecule has 1 aromatic carbocycles. The summed E-state index contributed by atoms with van der Waals surface area (Å²) in [5.74, 6) is 0.00389. The lowest BCUT2D eigenvalue weighted by Crippen LogP contribution is -2.51. The van der Waals surface area contributed by atoms with E-state index in [-0.39, 0.29) is 29.4 Å². The number of carbonyl (C=O) groups excluding carboxylic acids is 2. The number of fused-ring (bicyclic) bond motifs is 2. The second-order valence-corrected chi connectivity index (χ2v) is 10.1. The topological polar surface area (TPSA) is 71.5 Å². The van der Waals surface area contributed by atoms with Gasteiger partial charge in [-0.15, -0.1) is 11.3 Å². The van der Waals surface area contributed by atoms with Crippen LogP contribution in [0.25, 0.3) is 0 Å². The number of methoxy groups -OCH3 is 1. The molecule has 176 valence electrons. The van der Waals surface area contributed by atoms with E-state index in [2.05, 4.69) is 39.9 Å². The van der Waals surface area contributed by atoms with Crippen LogP contribution in [-0.4, -0.2) is 48.0 Å². The zero-order valence-corrected chi connectivity index (χ0v) is 20.1. The van der Waals surface area contributed by atoms with E-state index in [1.165, 1.54) is 10.4 Å². The van der Waals surface area contributed by atoms with Gasteiger partial charge in [0, 0.05) is 43.1 Å². The van der Waals surface area contributed by atoms with Crippen molar-refractivity contribution in [2.75, 3.05) is 20.2 Å². The Morgan fingerprint density at radius 2 is 1.91 bits per heavy atom. The van der Waals surface area contributed by atoms with Crippen LogP contribution >= 0.6 is 11.3 Å². The summed E-state index contributed by atoms with van der Waals surface area (Å²) < 4.78 is 6.09. The lowest BCUT2D eigenvalue weighted by Gasteiger charge is -2.44. The molecular weight excluding hydrogens is 446 g/mol. The Balaban J connectivity index is 1.33. The van der Waals surface area contributed by atoms with Gasteiger partial charge in [0.25, 0.3) is 5.91 Å². The Kier molecular flexibility index (Phi) is 6.48. The van der Waals surface area contributed by atoms with Crippen LogP contribution in [0.3, 0.4) is 0 Å². The van der Waals surface area contributed by atoms with Crippen LogP contribution in [-0.2, 0) is 21.4 Å². The molecule has 1 fully saturated rings. The lowest BCUT2D eigenvalue weighted by molar-refractivity contribution is -0.133. The number of aromatic nitrogens is 1. The minimum Gasteiger partial charge on any atom is -0.378 e. The molecule has 2 amide bonds. The molecule has 3 aromatic rings. The molecule has 0 bridgehead atoms. The van der Waals surface area contributed by atoms with Gasteiger partial charge in [-0.25, -0.2) is 0 Å². The van der Waals surface area contributed by atoms with Crippen LogP contribution in [0.4, 0.5) is 0 Å². The van der Waals surface area contributed by atoms with Gasteiger partial charge in [0.05, 0.1) is 12.1 Å². The first kappa shape index (κ1) is 22.7. The Morgan fingerprint density at radius 3 is 2.62 bits per heavy atom. The van der Waals surface area contributed by atoms with Gasteiger partial charge in [-0.05, 0) is 54.0 Å². The van der Waals surface area contributed by atoms with Crippen molar-refractivity contribution in [3.05, 3.63) is 87.9 Å². The quantitative estimate of drug-likeness (QED) is 0.582. The molecular formula is C27H29N3O3S. The summed E-state index contributed by atoms with van der Waals surface area (Å²) in [5, 5.41) is 5.24. The molecule has 2 aliphatic rings. The van der Waals surface area contributed by atoms with Crippen LogP contribution < -0.4 is 5.32 Å².